The van der Waals surface area contributed by atoms with E-state index in [1.165, 1.54) is 26.2 Å². The van der Waals surface area contributed by atoms with E-state index in [-0.39, 0.29) is 30.2 Å². The first kappa shape index (κ1) is 22.2. The van der Waals surface area contributed by atoms with E-state index in [0.29, 0.717) is 32.1 Å². The molecule has 0 aromatic carbocycles. The Morgan fingerprint density at radius 3 is 1.88 bits per heavy atom. The molecule has 0 aliphatic heterocycles. The van der Waals surface area contributed by atoms with Crippen LogP contribution in [0, 0.1) is 35.0 Å². The molecule has 8 fully saturated rings. The number of hydrogen-bond acceptors (Lipinski definition) is 5. The van der Waals surface area contributed by atoms with Gasteiger partial charge < -0.3 is 14.2 Å². The Balaban J connectivity index is 1.12. The molecule has 184 valence electrons. The van der Waals surface area contributed by atoms with Gasteiger partial charge in [0.05, 0.1) is 11.0 Å². The highest BCUT2D eigenvalue weighted by molar-refractivity contribution is 5.79. The van der Waals surface area contributed by atoms with Crippen LogP contribution in [-0.4, -0.2) is 35.9 Å². The van der Waals surface area contributed by atoms with Crippen molar-refractivity contribution in [2.24, 2.45) is 35.0 Å². The summed E-state index contributed by atoms with van der Waals surface area (Å²) in [5.41, 5.74) is -1.82. The second-order valence-electron chi connectivity index (χ2n) is 12.7. The molecule has 5 nitrogen and oxygen atoms in total. The molecule has 8 rings (SSSR count). The number of esters is 2. The molecular weight excluding hydrogens is 430 g/mol. The third-order valence-electron chi connectivity index (χ3n) is 10.0. The van der Waals surface area contributed by atoms with Gasteiger partial charge in [-0.05, 0) is 100 Å². The Kier molecular flexibility index (Phi) is 4.97. The van der Waals surface area contributed by atoms with E-state index in [1.807, 2.05) is 0 Å². The number of hydrogen-bond donors (Lipinski definition) is 0. The molecule has 0 aromatic heterocycles. The van der Waals surface area contributed by atoms with E-state index in [1.54, 1.807) is 0 Å². The number of carbonyl (C=O) groups is 2. The van der Waals surface area contributed by atoms with E-state index in [0.717, 1.165) is 43.4 Å². The lowest BCUT2D eigenvalue weighted by Gasteiger charge is -2.60. The van der Waals surface area contributed by atoms with Crippen molar-refractivity contribution < 1.29 is 32.6 Å². The molecule has 8 bridgehead atoms. The maximum atomic E-state index is 14.0. The Labute approximate surface area is 194 Å². The van der Waals surface area contributed by atoms with Gasteiger partial charge in [-0.3, -0.25) is 4.79 Å². The predicted octanol–water partition coefficient (Wildman–Crippen LogP) is 5.40. The molecule has 7 heteroatoms. The molecule has 0 spiro atoms. The summed E-state index contributed by atoms with van der Waals surface area (Å²) < 4.78 is 45.5. The van der Waals surface area contributed by atoms with Gasteiger partial charge in [0, 0.05) is 12.8 Å². The SMILES string of the molecule is CCC(F)(F)C(=O)OC12CC3CC(C1)CC(C(=O)OCOC14CC5CC(CC(C5)C1)C4)(C3)C2. The molecule has 0 aromatic rings. The van der Waals surface area contributed by atoms with Crippen molar-refractivity contribution in [3.63, 3.8) is 0 Å². The molecule has 33 heavy (non-hydrogen) atoms. The lowest BCUT2D eigenvalue weighted by molar-refractivity contribution is -0.238. The molecule has 2 atom stereocenters. The average Bonchev–Trinajstić information content (AvgIpc) is 2.71. The molecule has 0 radical (unpaired) electrons. The van der Waals surface area contributed by atoms with Gasteiger partial charge in [0.2, 0.25) is 0 Å². The van der Waals surface area contributed by atoms with Crippen LogP contribution in [0.2, 0.25) is 0 Å². The van der Waals surface area contributed by atoms with Gasteiger partial charge in [-0.2, -0.15) is 8.78 Å². The van der Waals surface area contributed by atoms with Crippen LogP contribution in [-0.2, 0) is 23.8 Å². The minimum Gasteiger partial charge on any atom is -0.455 e. The van der Waals surface area contributed by atoms with E-state index in [9.17, 15) is 18.4 Å². The Hall–Kier alpha value is -1.24. The van der Waals surface area contributed by atoms with Crippen LogP contribution in [0.4, 0.5) is 8.78 Å². The second-order valence-corrected chi connectivity index (χ2v) is 12.7. The van der Waals surface area contributed by atoms with Crippen LogP contribution in [0.5, 0.6) is 0 Å². The van der Waals surface area contributed by atoms with E-state index >= 15 is 0 Å². The zero-order valence-electron chi connectivity index (χ0n) is 19.6. The molecule has 8 aliphatic rings. The molecule has 2 unspecified atom stereocenters. The van der Waals surface area contributed by atoms with Crippen molar-refractivity contribution in [1.29, 1.82) is 0 Å². The van der Waals surface area contributed by atoms with Gasteiger partial charge in [0.1, 0.15) is 5.60 Å². The van der Waals surface area contributed by atoms with Crippen molar-refractivity contribution >= 4 is 11.9 Å². The Bertz CT molecular complexity index is 789. The molecule has 8 aliphatic carbocycles. The summed E-state index contributed by atoms with van der Waals surface area (Å²) in [5, 5.41) is 0. The van der Waals surface area contributed by atoms with Gasteiger partial charge in [0.25, 0.3) is 0 Å². The number of alkyl halides is 2. The smallest absolute Gasteiger partial charge is 0.377 e. The van der Waals surface area contributed by atoms with Gasteiger partial charge in [-0.15, -0.1) is 0 Å². The first-order valence-corrected chi connectivity index (χ1v) is 13.0. The summed E-state index contributed by atoms with van der Waals surface area (Å²) in [4.78, 5) is 25.6. The van der Waals surface area contributed by atoms with E-state index in [4.69, 9.17) is 14.2 Å². The highest BCUT2D eigenvalue weighted by Gasteiger charge is 2.64. The second kappa shape index (κ2) is 7.38. The first-order chi connectivity index (χ1) is 15.6. The minimum atomic E-state index is -3.48. The Morgan fingerprint density at radius 1 is 0.818 bits per heavy atom. The van der Waals surface area contributed by atoms with Crippen molar-refractivity contribution in [3.8, 4) is 0 Å². The van der Waals surface area contributed by atoms with Crippen molar-refractivity contribution in [3.05, 3.63) is 0 Å². The van der Waals surface area contributed by atoms with Gasteiger partial charge in [-0.1, -0.05) is 6.92 Å². The summed E-state index contributed by atoms with van der Waals surface area (Å²) in [6.45, 7) is 1.26. The normalized spacial score (nSPS) is 47.1. The lowest BCUT2D eigenvalue weighted by atomic mass is 9.48. The lowest BCUT2D eigenvalue weighted by Crippen LogP contribution is -2.61. The number of halogens is 2. The fourth-order valence-corrected chi connectivity index (χ4v) is 9.52. The number of rotatable bonds is 7. The maximum absolute atomic E-state index is 14.0. The topological polar surface area (TPSA) is 61.8 Å². The van der Waals surface area contributed by atoms with Crippen LogP contribution in [0.25, 0.3) is 0 Å². The zero-order chi connectivity index (χ0) is 23.1. The standard InChI is InChI=1S/C26H36F2O5/c1-2-26(27,28)22(30)33-25-12-19-6-20(13-25)8-23(7-19,14-25)21(29)31-15-32-24-9-16-3-17(10-24)5-18(4-16)11-24/h16-20H,2-15H2,1H3. The molecule has 0 N–H and O–H groups in total. The molecule has 0 amide bonds. The summed E-state index contributed by atoms with van der Waals surface area (Å²) in [5.74, 6) is -2.52. The zero-order valence-corrected chi connectivity index (χ0v) is 19.6. The maximum Gasteiger partial charge on any atom is 0.377 e. The van der Waals surface area contributed by atoms with Crippen LogP contribution >= 0.6 is 0 Å². The predicted molar refractivity (Wildman–Crippen MR) is 114 cm³/mol. The summed E-state index contributed by atoms with van der Waals surface area (Å²) >= 11 is 0. The molecular formula is C26H36F2O5. The van der Waals surface area contributed by atoms with Gasteiger partial charge in [-0.25, -0.2) is 4.79 Å². The van der Waals surface area contributed by atoms with Crippen molar-refractivity contribution in [1.82, 2.24) is 0 Å². The minimum absolute atomic E-state index is 0.0250. The van der Waals surface area contributed by atoms with Crippen molar-refractivity contribution in [2.45, 2.75) is 108 Å². The van der Waals surface area contributed by atoms with Crippen LogP contribution in [0.1, 0.15) is 90.4 Å². The van der Waals surface area contributed by atoms with Crippen LogP contribution in [0.3, 0.4) is 0 Å². The molecule has 8 saturated carbocycles. The summed E-state index contributed by atoms with van der Waals surface area (Å²) in [6.07, 6.45) is 10.5. The fourth-order valence-electron chi connectivity index (χ4n) is 9.52. The van der Waals surface area contributed by atoms with Crippen LogP contribution < -0.4 is 0 Å². The van der Waals surface area contributed by atoms with Gasteiger partial charge >= 0.3 is 17.9 Å². The fraction of sp³-hybridized carbons (Fsp3) is 0.923. The third-order valence-corrected chi connectivity index (χ3v) is 10.0. The average molecular weight is 467 g/mol. The van der Waals surface area contributed by atoms with E-state index < -0.39 is 29.3 Å². The highest BCUT2D eigenvalue weighted by atomic mass is 19.3. The van der Waals surface area contributed by atoms with Gasteiger partial charge in [0.15, 0.2) is 6.79 Å². The monoisotopic (exact) mass is 466 g/mol. The molecule has 0 heterocycles. The molecule has 0 saturated heterocycles. The highest BCUT2D eigenvalue weighted by Crippen LogP contribution is 2.63. The summed E-state index contributed by atoms with van der Waals surface area (Å²) in [6, 6.07) is 0. The first-order valence-electron chi connectivity index (χ1n) is 13.0. The summed E-state index contributed by atoms with van der Waals surface area (Å²) in [7, 11) is 0. The largest absolute Gasteiger partial charge is 0.455 e. The van der Waals surface area contributed by atoms with Crippen molar-refractivity contribution in [2.75, 3.05) is 6.79 Å². The number of ether oxygens (including phenoxy) is 3. The quantitative estimate of drug-likeness (QED) is 0.371. The number of carbonyl (C=O) groups excluding carboxylic acids is 2. The van der Waals surface area contributed by atoms with E-state index in [2.05, 4.69) is 0 Å². The Morgan fingerprint density at radius 2 is 1.33 bits per heavy atom. The van der Waals surface area contributed by atoms with Crippen LogP contribution in [0.15, 0.2) is 0 Å². The third kappa shape index (κ3) is 3.71.